The molecule has 0 bridgehead atoms. The monoisotopic (exact) mass is 417 g/mol. The summed E-state index contributed by atoms with van der Waals surface area (Å²) in [7, 11) is -1.53. The van der Waals surface area contributed by atoms with E-state index in [2.05, 4.69) is 20.2 Å². The van der Waals surface area contributed by atoms with E-state index < -0.39 is 10.0 Å². The molecule has 2 rings (SSSR count). The lowest BCUT2D eigenvalue weighted by molar-refractivity contribution is 0.0904. The van der Waals surface area contributed by atoms with Crippen molar-refractivity contribution in [3.05, 3.63) is 15.6 Å². The predicted molar refractivity (Wildman–Crippen MR) is 110 cm³/mol. The van der Waals surface area contributed by atoms with Crippen LogP contribution in [0.25, 0.3) is 0 Å². The standard InChI is InChI=1S/C17H31N5O3S2/c1-13(2)25-10-11-27(23,24)22-8-6-21(7-9-22)17(18-5)19-12-16-14(3)20-15(4)26-16/h13H,6-12H2,1-5H3,(H,18,19). The summed E-state index contributed by atoms with van der Waals surface area (Å²) in [4.78, 5) is 12.1. The van der Waals surface area contributed by atoms with Crippen molar-refractivity contribution in [1.82, 2.24) is 19.5 Å². The molecule has 10 heteroatoms. The van der Waals surface area contributed by atoms with E-state index in [0.717, 1.165) is 16.7 Å². The summed E-state index contributed by atoms with van der Waals surface area (Å²) in [6.45, 7) is 10.9. The maximum Gasteiger partial charge on any atom is 0.216 e. The van der Waals surface area contributed by atoms with E-state index >= 15 is 0 Å². The largest absolute Gasteiger partial charge is 0.378 e. The first-order valence-corrected chi connectivity index (χ1v) is 11.6. The number of aryl methyl sites for hydroxylation is 2. The number of hydrogen-bond acceptors (Lipinski definition) is 6. The Morgan fingerprint density at radius 1 is 1.30 bits per heavy atom. The summed E-state index contributed by atoms with van der Waals surface area (Å²) < 4.78 is 31.8. The number of hydrogen-bond donors (Lipinski definition) is 1. The number of sulfonamides is 1. The second kappa shape index (κ2) is 9.81. The van der Waals surface area contributed by atoms with Crippen LogP contribution in [-0.2, 0) is 21.3 Å². The van der Waals surface area contributed by atoms with Gasteiger partial charge in [0.1, 0.15) is 0 Å². The third kappa shape index (κ3) is 6.41. The van der Waals surface area contributed by atoms with E-state index in [1.807, 2.05) is 27.7 Å². The van der Waals surface area contributed by atoms with E-state index in [-0.39, 0.29) is 18.5 Å². The van der Waals surface area contributed by atoms with E-state index in [9.17, 15) is 8.42 Å². The maximum absolute atomic E-state index is 12.4. The van der Waals surface area contributed by atoms with Crippen LogP contribution in [0, 0.1) is 13.8 Å². The van der Waals surface area contributed by atoms with Gasteiger partial charge in [-0.15, -0.1) is 11.3 Å². The summed E-state index contributed by atoms with van der Waals surface area (Å²) in [6, 6.07) is 0. The number of piperazine rings is 1. The molecule has 8 nitrogen and oxygen atoms in total. The molecule has 0 atom stereocenters. The topological polar surface area (TPSA) is 87.1 Å². The molecule has 1 aromatic heterocycles. The molecule has 27 heavy (non-hydrogen) atoms. The van der Waals surface area contributed by atoms with Crippen LogP contribution in [-0.4, -0.2) is 80.3 Å². The van der Waals surface area contributed by atoms with Crippen molar-refractivity contribution in [2.45, 2.75) is 40.3 Å². The van der Waals surface area contributed by atoms with Gasteiger partial charge in [-0.3, -0.25) is 4.99 Å². The molecule has 0 unspecified atom stereocenters. The minimum atomic E-state index is -3.28. The van der Waals surface area contributed by atoms with Crippen LogP contribution in [0.1, 0.15) is 29.4 Å². The van der Waals surface area contributed by atoms with Gasteiger partial charge in [0.25, 0.3) is 0 Å². The van der Waals surface area contributed by atoms with Gasteiger partial charge in [0, 0.05) is 38.1 Å². The third-order valence-electron chi connectivity index (χ3n) is 4.34. The van der Waals surface area contributed by atoms with Crippen LogP contribution in [0.15, 0.2) is 4.99 Å². The molecule has 1 fully saturated rings. The molecule has 0 amide bonds. The number of rotatable bonds is 7. The van der Waals surface area contributed by atoms with Gasteiger partial charge in [-0.05, 0) is 27.7 Å². The number of guanidine groups is 1. The van der Waals surface area contributed by atoms with E-state index in [1.54, 1.807) is 22.7 Å². The van der Waals surface area contributed by atoms with Gasteiger partial charge in [0.2, 0.25) is 10.0 Å². The third-order valence-corrected chi connectivity index (χ3v) is 7.25. The lowest BCUT2D eigenvalue weighted by Gasteiger charge is -2.35. The zero-order chi connectivity index (χ0) is 20.0. The molecule has 154 valence electrons. The fraction of sp³-hybridized carbons (Fsp3) is 0.765. The Morgan fingerprint density at radius 2 is 1.96 bits per heavy atom. The molecule has 1 aromatic rings. The summed E-state index contributed by atoms with van der Waals surface area (Å²) in [6.07, 6.45) is 0.0393. The van der Waals surface area contributed by atoms with Gasteiger partial charge in [-0.1, -0.05) is 0 Å². The molecular formula is C17H31N5O3S2. The van der Waals surface area contributed by atoms with Crippen molar-refractivity contribution in [3.8, 4) is 0 Å². The minimum absolute atomic E-state index is 0.0299. The lowest BCUT2D eigenvalue weighted by Crippen LogP contribution is -2.54. The Morgan fingerprint density at radius 3 is 2.48 bits per heavy atom. The quantitative estimate of drug-likeness (QED) is 0.530. The fourth-order valence-corrected chi connectivity index (χ4v) is 5.09. The van der Waals surface area contributed by atoms with Crippen LogP contribution in [0.3, 0.4) is 0 Å². The summed E-state index contributed by atoms with van der Waals surface area (Å²) in [5.41, 5.74) is 1.04. The Bertz CT molecular complexity index is 738. The lowest BCUT2D eigenvalue weighted by atomic mass is 10.3. The summed E-state index contributed by atoms with van der Waals surface area (Å²) >= 11 is 1.68. The molecule has 1 aliphatic rings. The Balaban J connectivity index is 1.85. The minimum Gasteiger partial charge on any atom is -0.378 e. The summed E-state index contributed by atoms with van der Waals surface area (Å²) in [5.74, 6) is 0.822. The van der Waals surface area contributed by atoms with Crippen molar-refractivity contribution in [2.75, 3.05) is 45.6 Å². The highest BCUT2D eigenvalue weighted by Gasteiger charge is 2.28. The van der Waals surface area contributed by atoms with Crippen LogP contribution in [0.4, 0.5) is 0 Å². The van der Waals surface area contributed by atoms with Gasteiger partial charge in [-0.25, -0.2) is 13.4 Å². The average molecular weight is 418 g/mol. The first-order chi connectivity index (χ1) is 12.7. The van der Waals surface area contributed by atoms with Gasteiger partial charge in [0.15, 0.2) is 5.96 Å². The fourth-order valence-electron chi connectivity index (χ4n) is 2.93. The second-order valence-electron chi connectivity index (χ2n) is 6.76. The van der Waals surface area contributed by atoms with Gasteiger partial charge < -0.3 is 15.0 Å². The smallest absolute Gasteiger partial charge is 0.216 e. The number of ether oxygens (including phenoxy) is 1. The van der Waals surface area contributed by atoms with Crippen molar-refractivity contribution in [2.24, 2.45) is 4.99 Å². The molecule has 0 saturated carbocycles. The van der Waals surface area contributed by atoms with Crippen molar-refractivity contribution in [3.63, 3.8) is 0 Å². The molecule has 0 aliphatic carbocycles. The molecule has 0 spiro atoms. The van der Waals surface area contributed by atoms with Crippen molar-refractivity contribution < 1.29 is 13.2 Å². The first-order valence-electron chi connectivity index (χ1n) is 9.21. The Labute approximate surface area is 166 Å². The van der Waals surface area contributed by atoms with Crippen LogP contribution in [0.2, 0.25) is 0 Å². The molecule has 0 radical (unpaired) electrons. The molecule has 1 aliphatic heterocycles. The summed E-state index contributed by atoms with van der Waals surface area (Å²) in [5, 5.41) is 4.42. The highest BCUT2D eigenvalue weighted by molar-refractivity contribution is 7.89. The number of aliphatic imine (C=N–C) groups is 1. The molecule has 2 heterocycles. The van der Waals surface area contributed by atoms with Gasteiger partial charge in [-0.2, -0.15) is 4.31 Å². The van der Waals surface area contributed by atoms with Crippen molar-refractivity contribution >= 4 is 27.3 Å². The Kier molecular flexibility index (Phi) is 8.02. The zero-order valence-corrected chi connectivity index (χ0v) is 18.5. The van der Waals surface area contributed by atoms with Gasteiger partial charge >= 0.3 is 0 Å². The number of nitrogens with one attached hydrogen (secondary N) is 1. The van der Waals surface area contributed by atoms with Crippen LogP contribution < -0.4 is 5.32 Å². The van der Waals surface area contributed by atoms with Crippen molar-refractivity contribution in [1.29, 1.82) is 0 Å². The number of thiazole rings is 1. The maximum atomic E-state index is 12.4. The Hall–Kier alpha value is -1.23. The SMILES string of the molecule is CN=C(NCc1sc(C)nc1C)N1CCN(S(=O)(=O)CCOC(C)C)CC1. The van der Waals surface area contributed by atoms with Crippen LogP contribution in [0.5, 0.6) is 0 Å². The van der Waals surface area contributed by atoms with Crippen LogP contribution >= 0.6 is 11.3 Å². The normalized spacial score (nSPS) is 17.0. The number of aromatic nitrogens is 1. The van der Waals surface area contributed by atoms with Gasteiger partial charge in [0.05, 0.1) is 35.7 Å². The average Bonchev–Trinajstić information content (AvgIpc) is 2.93. The first kappa shape index (κ1) is 22.1. The zero-order valence-electron chi connectivity index (χ0n) is 16.9. The highest BCUT2D eigenvalue weighted by atomic mass is 32.2. The molecule has 1 saturated heterocycles. The number of nitrogens with zero attached hydrogens (tertiary/aromatic N) is 4. The molecule has 1 N–H and O–H groups in total. The second-order valence-corrected chi connectivity index (χ2v) is 10.1. The predicted octanol–water partition coefficient (Wildman–Crippen LogP) is 1.21. The van der Waals surface area contributed by atoms with E-state index in [1.165, 1.54) is 4.88 Å². The molecular weight excluding hydrogens is 386 g/mol. The van der Waals surface area contributed by atoms with E-state index in [0.29, 0.717) is 32.7 Å². The highest BCUT2D eigenvalue weighted by Crippen LogP contribution is 2.17. The molecule has 0 aromatic carbocycles. The van der Waals surface area contributed by atoms with E-state index in [4.69, 9.17) is 4.74 Å².